The highest BCUT2D eigenvalue weighted by molar-refractivity contribution is 7.89. The number of benzene rings is 1. The molecule has 0 bridgehead atoms. The molecule has 1 atom stereocenters. The lowest BCUT2D eigenvalue weighted by molar-refractivity contribution is -0.150. The molecule has 1 heterocycles. The first-order valence-electron chi connectivity index (χ1n) is 8.07. The summed E-state index contributed by atoms with van der Waals surface area (Å²) in [6.45, 7) is 4.24. The van der Waals surface area contributed by atoms with Crippen LogP contribution in [-0.4, -0.2) is 61.8 Å². The van der Waals surface area contributed by atoms with Crippen LogP contribution in [0.3, 0.4) is 0 Å². The van der Waals surface area contributed by atoms with E-state index in [0.717, 1.165) is 4.31 Å². The van der Waals surface area contributed by atoms with Crippen molar-refractivity contribution in [1.29, 1.82) is 0 Å². The third kappa shape index (κ3) is 3.41. The summed E-state index contributed by atoms with van der Waals surface area (Å²) in [6, 6.07) is 5.72. The van der Waals surface area contributed by atoms with Gasteiger partial charge in [0.25, 0.3) is 5.91 Å². The van der Waals surface area contributed by atoms with Crippen molar-refractivity contribution in [3.8, 4) is 0 Å². The average molecular weight is 368 g/mol. The number of carboxylic acid groups (broad SMARTS) is 1. The molecular weight excluding hydrogens is 344 g/mol. The van der Waals surface area contributed by atoms with Crippen LogP contribution in [0.1, 0.15) is 30.6 Å². The van der Waals surface area contributed by atoms with Gasteiger partial charge in [0, 0.05) is 32.7 Å². The van der Waals surface area contributed by atoms with Gasteiger partial charge in [-0.2, -0.15) is 0 Å². The van der Waals surface area contributed by atoms with Crippen LogP contribution in [-0.2, 0) is 14.8 Å². The molecule has 1 N–H and O–H groups in total. The number of amides is 1. The first-order valence-corrected chi connectivity index (χ1v) is 9.51. The third-order valence-electron chi connectivity index (χ3n) is 5.00. The minimum absolute atomic E-state index is 0.0876. The topological polar surface area (TPSA) is 95.0 Å². The van der Waals surface area contributed by atoms with Gasteiger partial charge in [-0.05, 0) is 36.6 Å². The Morgan fingerprint density at radius 2 is 1.76 bits per heavy atom. The molecule has 1 aromatic rings. The van der Waals surface area contributed by atoms with Crippen LogP contribution in [0.4, 0.5) is 0 Å². The molecule has 0 spiro atoms. The van der Waals surface area contributed by atoms with E-state index in [1.54, 1.807) is 0 Å². The van der Waals surface area contributed by atoms with Crippen molar-refractivity contribution in [2.75, 3.05) is 27.2 Å². The number of hydrogen-bond acceptors (Lipinski definition) is 4. The summed E-state index contributed by atoms with van der Waals surface area (Å²) in [7, 11) is -0.668. The first-order chi connectivity index (χ1) is 11.5. The second-order valence-electron chi connectivity index (χ2n) is 6.90. The van der Waals surface area contributed by atoms with E-state index in [9.17, 15) is 23.1 Å². The zero-order valence-electron chi connectivity index (χ0n) is 14.9. The van der Waals surface area contributed by atoms with Crippen molar-refractivity contribution in [3.05, 3.63) is 29.8 Å². The van der Waals surface area contributed by atoms with Gasteiger partial charge < -0.3 is 10.0 Å². The minimum Gasteiger partial charge on any atom is -0.481 e. The van der Waals surface area contributed by atoms with E-state index in [1.807, 2.05) is 13.8 Å². The average Bonchev–Trinajstić information content (AvgIpc) is 3.01. The molecular formula is C17H24N2O5S. The molecule has 2 rings (SSSR count). The Kier molecular flexibility index (Phi) is 5.24. The lowest BCUT2D eigenvalue weighted by Crippen LogP contribution is -2.40. The van der Waals surface area contributed by atoms with Gasteiger partial charge >= 0.3 is 5.97 Å². The first kappa shape index (κ1) is 19.4. The number of carbonyl (C=O) groups is 2. The Morgan fingerprint density at radius 1 is 1.20 bits per heavy atom. The molecule has 8 heteroatoms. The molecule has 138 valence electrons. The van der Waals surface area contributed by atoms with Gasteiger partial charge in [-0.3, -0.25) is 9.59 Å². The van der Waals surface area contributed by atoms with Crippen molar-refractivity contribution >= 4 is 21.9 Å². The number of carboxylic acids is 1. The minimum atomic E-state index is -3.55. The summed E-state index contributed by atoms with van der Waals surface area (Å²) in [5.41, 5.74) is -0.577. The maximum atomic E-state index is 12.6. The molecule has 0 radical (unpaired) electrons. The predicted octanol–water partition coefficient (Wildman–Crippen LogP) is 1.51. The molecule has 1 saturated heterocycles. The van der Waals surface area contributed by atoms with Crippen molar-refractivity contribution in [2.24, 2.45) is 11.3 Å². The zero-order valence-corrected chi connectivity index (χ0v) is 15.7. The van der Waals surface area contributed by atoms with E-state index in [-0.39, 0.29) is 23.3 Å². The predicted molar refractivity (Wildman–Crippen MR) is 92.7 cm³/mol. The smallest absolute Gasteiger partial charge is 0.311 e. The van der Waals surface area contributed by atoms with E-state index in [0.29, 0.717) is 18.5 Å². The van der Waals surface area contributed by atoms with Crippen LogP contribution in [0.25, 0.3) is 0 Å². The van der Waals surface area contributed by atoms with E-state index in [4.69, 9.17) is 0 Å². The van der Waals surface area contributed by atoms with Gasteiger partial charge in [0.2, 0.25) is 10.0 Å². The molecule has 1 aliphatic heterocycles. The van der Waals surface area contributed by atoms with Gasteiger partial charge in [0.1, 0.15) is 0 Å². The molecule has 0 saturated carbocycles. The quantitative estimate of drug-likeness (QED) is 0.850. The molecule has 1 aliphatic rings. The SMILES string of the molecule is CC(C)C1(C(=O)O)CCN(C(=O)c2ccc(S(=O)(=O)N(C)C)cc2)C1. The number of aliphatic carboxylic acids is 1. The Balaban J connectivity index is 2.21. The standard InChI is InChI=1S/C17H24N2O5S/c1-12(2)17(16(21)22)9-10-19(11-17)15(20)13-5-7-14(8-6-13)25(23,24)18(3)4/h5-8,12H,9-11H2,1-4H3,(H,21,22). The van der Waals surface area contributed by atoms with Gasteiger partial charge in [0.05, 0.1) is 10.3 Å². The van der Waals surface area contributed by atoms with Crippen LogP contribution >= 0.6 is 0 Å². The highest BCUT2D eigenvalue weighted by Crippen LogP contribution is 2.38. The van der Waals surface area contributed by atoms with Crippen LogP contribution < -0.4 is 0 Å². The monoisotopic (exact) mass is 368 g/mol. The summed E-state index contributed by atoms with van der Waals surface area (Å²) in [6.07, 6.45) is 0.416. The van der Waals surface area contributed by atoms with Crippen molar-refractivity contribution in [3.63, 3.8) is 0 Å². The second kappa shape index (κ2) is 6.76. The highest BCUT2D eigenvalue weighted by atomic mass is 32.2. The number of hydrogen-bond donors (Lipinski definition) is 1. The van der Waals surface area contributed by atoms with E-state index < -0.39 is 21.4 Å². The highest BCUT2D eigenvalue weighted by Gasteiger charge is 2.48. The Bertz CT molecular complexity index is 771. The zero-order chi connectivity index (χ0) is 19.0. The Labute approximate surface area is 148 Å². The molecule has 25 heavy (non-hydrogen) atoms. The molecule has 0 aliphatic carbocycles. The Hall–Kier alpha value is -1.93. The molecule has 1 fully saturated rings. The fraction of sp³-hybridized carbons (Fsp3) is 0.529. The van der Waals surface area contributed by atoms with Crippen LogP contribution in [0.15, 0.2) is 29.2 Å². The van der Waals surface area contributed by atoms with Gasteiger partial charge in [-0.25, -0.2) is 12.7 Å². The summed E-state index contributed by atoms with van der Waals surface area (Å²) >= 11 is 0. The summed E-state index contributed by atoms with van der Waals surface area (Å²) < 4.78 is 25.2. The summed E-state index contributed by atoms with van der Waals surface area (Å²) in [5.74, 6) is -1.25. The van der Waals surface area contributed by atoms with Gasteiger partial charge in [0.15, 0.2) is 0 Å². The maximum Gasteiger partial charge on any atom is 0.311 e. The molecule has 0 aromatic heterocycles. The summed E-state index contributed by atoms with van der Waals surface area (Å²) in [5, 5.41) is 9.57. The fourth-order valence-electron chi connectivity index (χ4n) is 3.06. The van der Waals surface area contributed by atoms with Crippen molar-refractivity contribution in [1.82, 2.24) is 9.21 Å². The van der Waals surface area contributed by atoms with E-state index in [2.05, 4.69) is 0 Å². The molecule has 1 amide bonds. The lowest BCUT2D eigenvalue weighted by Gasteiger charge is -2.28. The van der Waals surface area contributed by atoms with Crippen LogP contribution in [0, 0.1) is 11.3 Å². The third-order valence-corrected chi connectivity index (χ3v) is 6.83. The van der Waals surface area contributed by atoms with Crippen molar-refractivity contribution in [2.45, 2.75) is 25.2 Å². The molecule has 1 aromatic carbocycles. The van der Waals surface area contributed by atoms with E-state index >= 15 is 0 Å². The number of sulfonamides is 1. The molecule has 1 unspecified atom stereocenters. The van der Waals surface area contributed by atoms with Gasteiger partial charge in [-0.15, -0.1) is 0 Å². The summed E-state index contributed by atoms with van der Waals surface area (Å²) in [4.78, 5) is 26.0. The van der Waals surface area contributed by atoms with Crippen LogP contribution in [0.2, 0.25) is 0 Å². The van der Waals surface area contributed by atoms with Crippen molar-refractivity contribution < 1.29 is 23.1 Å². The maximum absolute atomic E-state index is 12.6. The normalized spacial score (nSPS) is 21.1. The number of rotatable bonds is 5. The van der Waals surface area contributed by atoms with Gasteiger partial charge in [-0.1, -0.05) is 13.8 Å². The molecule has 7 nitrogen and oxygen atoms in total. The number of nitrogens with zero attached hydrogens (tertiary/aromatic N) is 2. The fourth-order valence-corrected chi connectivity index (χ4v) is 3.96. The Morgan fingerprint density at radius 3 is 2.16 bits per heavy atom. The number of likely N-dealkylation sites (tertiary alicyclic amines) is 1. The van der Waals surface area contributed by atoms with E-state index in [1.165, 1.54) is 43.3 Å². The largest absolute Gasteiger partial charge is 0.481 e. The second-order valence-corrected chi connectivity index (χ2v) is 9.06. The lowest BCUT2D eigenvalue weighted by atomic mass is 9.76. The van der Waals surface area contributed by atoms with Crippen LogP contribution in [0.5, 0.6) is 0 Å². The number of carbonyl (C=O) groups excluding carboxylic acids is 1.